The Labute approximate surface area is 161 Å². The van der Waals surface area contributed by atoms with Crippen molar-refractivity contribution in [3.05, 3.63) is 70.9 Å². The van der Waals surface area contributed by atoms with E-state index in [4.69, 9.17) is 4.74 Å². The van der Waals surface area contributed by atoms with Crippen molar-refractivity contribution in [2.45, 2.75) is 11.4 Å². The van der Waals surface area contributed by atoms with Gasteiger partial charge in [0, 0.05) is 24.6 Å². The van der Waals surface area contributed by atoms with E-state index < -0.39 is 0 Å². The van der Waals surface area contributed by atoms with Crippen LogP contribution in [0.3, 0.4) is 0 Å². The molecule has 0 unspecified atom stereocenters. The van der Waals surface area contributed by atoms with Crippen molar-refractivity contribution in [2.75, 3.05) is 25.2 Å². The van der Waals surface area contributed by atoms with E-state index in [-0.39, 0.29) is 17.6 Å². The molecule has 0 saturated carbocycles. The number of halogens is 1. The Morgan fingerprint density at radius 1 is 1.22 bits per heavy atom. The Bertz CT molecular complexity index is 868. The molecule has 2 aromatic rings. The number of benzene rings is 2. The standard InChI is InChI=1S/C20H19FN2O3S/c1-26-11-10-22-19(24)12-18-20(25)23(13-14-6-8-15(21)9-7-14)16-4-2-3-5-17(16)27-18/h2-9,12H,10-11,13H2,1H3,(H,22,24)/b18-12-. The number of ether oxygens (including phenoxy) is 1. The molecule has 0 saturated heterocycles. The molecule has 0 aliphatic carbocycles. The minimum Gasteiger partial charge on any atom is -0.383 e. The Hall–Kier alpha value is -2.64. The summed E-state index contributed by atoms with van der Waals surface area (Å²) in [5.41, 5.74) is 1.57. The van der Waals surface area contributed by atoms with Crippen molar-refractivity contribution in [3.8, 4) is 0 Å². The summed E-state index contributed by atoms with van der Waals surface area (Å²) >= 11 is 1.27. The minimum absolute atomic E-state index is 0.259. The first-order valence-corrected chi connectivity index (χ1v) is 9.22. The number of fused-ring (bicyclic) bond motifs is 1. The number of carbonyl (C=O) groups is 2. The van der Waals surface area contributed by atoms with E-state index in [0.29, 0.717) is 24.6 Å². The van der Waals surface area contributed by atoms with Crippen LogP contribution in [-0.4, -0.2) is 32.1 Å². The first-order chi connectivity index (χ1) is 13.1. The number of carbonyl (C=O) groups excluding carboxylic acids is 2. The second-order valence-electron chi connectivity index (χ2n) is 5.88. The lowest BCUT2D eigenvalue weighted by Crippen LogP contribution is -2.35. The van der Waals surface area contributed by atoms with Crippen LogP contribution >= 0.6 is 11.8 Å². The molecule has 0 atom stereocenters. The summed E-state index contributed by atoms with van der Waals surface area (Å²) in [5, 5.41) is 2.68. The zero-order chi connectivity index (χ0) is 19.2. The molecule has 1 aliphatic heterocycles. The summed E-state index contributed by atoms with van der Waals surface area (Å²) in [6.07, 6.45) is 1.32. The number of nitrogens with zero attached hydrogens (tertiary/aromatic N) is 1. The van der Waals surface area contributed by atoms with E-state index >= 15 is 0 Å². The van der Waals surface area contributed by atoms with Gasteiger partial charge in [0.15, 0.2) is 0 Å². The molecule has 0 fully saturated rings. The predicted octanol–water partition coefficient (Wildman–Crippen LogP) is 3.11. The van der Waals surface area contributed by atoms with Crippen LogP contribution in [0.4, 0.5) is 10.1 Å². The molecule has 5 nitrogen and oxygen atoms in total. The van der Waals surface area contributed by atoms with E-state index in [1.807, 2.05) is 24.3 Å². The number of anilines is 1. The third kappa shape index (κ3) is 4.75. The van der Waals surface area contributed by atoms with Crippen LogP contribution in [0.5, 0.6) is 0 Å². The maximum absolute atomic E-state index is 13.2. The molecular formula is C20H19FN2O3S. The van der Waals surface area contributed by atoms with Crippen LogP contribution in [0, 0.1) is 5.82 Å². The summed E-state index contributed by atoms with van der Waals surface area (Å²) < 4.78 is 18.1. The second kappa shape index (κ2) is 8.83. The summed E-state index contributed by atoms with van der Waals surface area (Å²) in [6, 6.07) is 13.5. The summed E-state index contributed by atoms with van der Waals surface area (Å²) in [6.45, 7) is 1.06. The first-order valence-electron chi connectivity index (χ1n) is 8.40. The Kier molecular flexibility index (Phi) is 6.26. The lowest BCUT2D eigenvalue weighted by atomic mass is 10.1. The maximum Gasteiger partial charge on any atom is 0.265 e. The molecule has 1 N–H and O–H groups in total. The van der Waals surface area contributed by atoms with E-state index in [2.05, 4.69) is 5.32 Å². The maximum atomic E-state index is 13.2. The third-order valence-corrected chi connectivity index (χ3v) is 5.03. The summed E-state index contributed by atoms with van der Waals surface area (Å²) in [4.78, 5) is 27.9. The zero-order valence-corrected chi connectivity index (χ0v) is 15.6. The first kappa shape index (κ1) is 19.1. The van der Waals surface area contributed by atoms with Gasteiger partial charge >= 0.3 is 0 Å². The van der Waals surface area contributed by atoms with Crippen molar-refractivity contribution >= 4 is 29.3 Å². The lowest BCUT2D eigenvalue weighted by Gasteiger charge is -2.30. The molecule has 27 heavy (non-hydrogen) atoms. The highest BCUT2D eigenvalue weighted by Gasteiger charge is 2.29. The van der Waals surface area contributed by atoms with Gasteiger partial charge < -0.3 is 15.0 Å². The van der Waals surface area contributed by atoms with Crippen LogP contribution < -0.4 is 10.2 Å². The smallest absolute Gasteiger partial charge is 0.265 e. The molecule has 2 amide bonds. The number of para-hydroxylation sites is 1. The second-order valence-corrected chi connectivity index (χ2v) is 6.96. The van der Waals surface area contributed by atoms with Crippen molar-refractivity contribution < 1.29 is 18.7 Å². The van der Waals surface area contributed by atoms with Gasteiger partial charge in [-0.2, -0.15) is 0 Å². The fourth-order valence-electron chi connectivity index (χ4n) is 2.64. The normalized spacial score (nSPS) is 15.0. The average Bonchev–Trinajstić information content (AvgIpc) is 2.67. The number of nitrogens with one attached hydrogen (secondary N) is 1. The van der Waals surface area contributed by atoms with E-state index in [0.717, 1.165) is 16.1 Å². The number of methoxy groups -OCH3 is 1. The fraction of sp³-hybridized carbons (Fsp3) is 0.200. The molecule has 140 valence electrons. The van der Waals surface area contributed by atoms with Gasteiger partial charge in [0.1, 0.15) is 5.82 Å². The van der Waals surface area contributed by atoms with Crippen LogP contribution in [0.25, 0.3) is 0 Å². The number of hydrogen-bond donors (Lipinski definition) is 1. The zero-order valence-electron chi connectivity index (χ0n) is 14.8. The highest BCUT2D eigenvalue weighted by molar-refractivity contribution is 8.04. The molecule has 2 aromatic carbocycles. The highest BCUT2D eigenvalue weighted by Crippen LogP contribution is 2.41. The van der Waals surface area contributed by atoms with E-state index in [1.54, 1.807) is 24.1 Å². The van der Waals surface area contributed by atoms with Gasteiger partial charge in [-0.05, 0) is 29.8 Å². The van der Waals surface area contributed by atoms with Gasteiger partial charge in [0.25, 0.3) is 5.91 Å². The molecule has 0 radical (unpaired) electrons. The Morgan fingerprint density at radius 2 is 1.96 bits per heavy atom. The van der Waals surface area contributed by atoms with Gasteiger partial charge in [-0.15, -0.1) is 0 Å². The fourth-order valence-corrected chi connectivity index (χ4v) is 3.67. The van der Waals surface area contributed by atoms with E-state index in [1.165, 1.54) is 30.0 Å². The Balaban J connectivity index is 1.86. The minimum atomic E-state index is -0.344. The number of thioether (sulfide) groups is 1. The topological polar surface area (TPSA) is 58.6 Å². The van der Waals surface area contributed by atoms with Crippen LogP contribution in [-0.2, 0) is 20.9 Å². The molecular weight excluding hydrogens is 367 g/mol. The molecule has 0 bridgehead atoms. The SMILES string of the molecule is COCCNC(=O)/C=C1\Sc2ccccc2N(Cc2ccc(F)cc2)C1=O. The van der Waals surface area contributed by atoms with Gasteiger partial charge in [-0.25, -0.2) is 4.39 Å². The number of amides is 2. The molecule has 3 rings (SSSR count). The van der Waals surface area contributed by atoms with Gasteiger partial charge in [0.2, 0.25) is 5.91 Å². The van der Waals surface area contributed by atoms with Crippen molar-refractivity contribution in [3.63, 3.8) is 0 Å². The van der Waals surface area contributed by atoms with Crippen molar-refractivity contribution in [1.29, 1.82) is 0 Å². The van der Waals surface area contributed by atoms with Crippen molar-refractivity contribution in [2.24, 2.45) is 0 Å². The summed E-state index contributed by atoms with van der Waals surface area (Å²) in [5.74, 6) is -0.929. The summed E-state index contributed by atoms with van der Waals surface area (Å²) in [7, 11) is 1.55. The monoisotopic (exact) mass is 386 g/mol. The number of hydrogen-bond acceptors (Lipinski definition) is 4. The van der Waals surface area contributed by atoms with E-state index in [9.17, 15) is 14.0 Å². The van der Waals surface area contributed by atoms with Crippen LogP contribution in [0.1, 0.15) is 5.56 Å². The molecule has 0 aromatic heterocycles. The number of rotatable bonds is 6. The lowest BCUT2D eigenvalue weighted by molar-refractivity contribution is -0.118. The van der Waals surface area contributed by atoms with Crippen LogP contribution in [0.2, 0.25) is 0 Å². The Morgan fingerprint density at radius 3 is 2.70 bits per heavy atom. The van der Waals surface area contributed by atoms with Crippen molar-refractivity contribution in [1.82, 2.24) is 5.32 Å². The van der Waals surface area contributed by atoms with Gasteiger partial charge in [0.05, 0.1) is 23.7 Å². The molecule has 7 heteroatoms. The average molecular weight is 386 g/mol. The molecule has 1 heterocycles. The predicted molar refractivity (Wildman–Crippen MR) is 103 cm³/mol. The van der Waals surface area contributed by atoms with Crippen LogP contribution in [0.15, 0.2) is 64.4 Å². The van der Waals surface area contributed by atoms with Gasteiger partial charge in [-0.1, -0.05) is 36.0 Å². The molecule has 0 spiro atoms. The molecule has 1 aliphatic rings. The quantitative estimate of drug-likeness (QED) is 0.612. The third-order valence-electron chi connectivity index (χ3n) is 3.95. The van der Waals surface area contributed by atoms with Gasteiger partial charge in [-0.3, -0.25) is 9.59 Å². The highest BCUT2D eigenvalue weighted by atomic mass is 32.2. The largest absolute Gasteiger partial charge is 0.383 e.